The van der Waals surface area contributed by atoms with Crippen LogP contribution in [0, 0.1) is 5.92 Å². The van der Waals surface area contributed by atoms with Crippen LogP contribution >= 0.6 is 0 Å². The van der Waals surface area contributed by atoms with Gasteiger partial charge in [-0.15, -0.1) is 0 Å². The number of fused-ring (bicyclic) bond motifs is 1. The van der Waals surface area contributed by atoms with Gasteiger partial charge in [0.25, 0.3) is 0 Å². The fourth-order valence-electron chi connectivity index (χ4n) is 2.89. The summed E-state index contributed by atoms with van der Waals surface area (Å²) in [4.78, 5) is 35.8. The van der Waals surface area contributed by atoms with Crippen LogP contribution in [0.25, 0.3) is 0 Å². The number of ketones is 1. The summed E-state index contributed by atoms with van der Waals surface area (Å²) in [6.07, 6.45) is 5.20. The predicted octanol–water partition coefficient (Wildman–Crippen LogP) is 2.71. The molecule has 1 aromatic rings. The van der Waals surface area contributed by atoms with E-state index >= 15 is 0 Å². The van der Waals surface area contributed by atoms with Crippen LogP contribution in [0.4, 0.5) is 5.69 Å². The molecule has 2 rings (SSSR count). The van der Waals surface area contributed by atoms with Crippen molar-refractivity contribution < 1.29 is 24.2 Å². The highest BCUT2D eigenvalue weighted by atomic mass is 16.5. The third-order valence-corrected chi connectivity index (χ3v) is 4.20. The molecule has 0 fully saturated rings. The molecule has 0 spiro atoms. The minimum atomic E-state index is -0.951. The summed E-state index contributed by atoms with van der Waals surface area (Å²) < 4.78 is 5.81. The standard InChI is InChI=1S/C18H23NO5/c1-3-4-5-6-12(2)24-14-7-15-17(16(22)8-14)18(23)13(10-20)9-19(15)11-21/h7-8,10-13,22H,3-6,9H2,1-2H3. The van der Waals surface area contributed by atoms with Crippen LogP contribution in [0.3, 0.4) is 0 Å². The zero-order valence-electron chi connectivity index (χ0n) is 14.0. The molecule has 2 unspecified atom stereocenters. The highest BCUT2D eigenvalue weighted by Gasteiger charge is 2.34. The third kappa shape index (κ3) is 3.75. The number of carbonyl (C=O) groups is 3. The quantitative estimate of drug-likeness (QED) is 0.449. The van der Waals surface area contributed by atoms with Gasteiger partial charge in [-0.3, -0.25) is 9.59 Å². The Morgan fingerprint density at radius 2 is 2.12 bits per heavy atom. The molecule has 1 aromatic carbocycles. The largest absolute Gasteiger partial charge is 0.507 e. The van der Waals surface area contributed by atoms with E-state index < -0.39 is 11.7 Å². The van der Waals surface area contributed by atoms with Crippen molar-refractivity contribution in [2.24, 2.45) is 5.92 Å². The molecule has 0 saturated heterocycles. The summed E-state index contributed by atoms with van der Waals surface area (Å²) in [5.41, 5.74) is 0.278. The highest BCUT2D eigenvalue weighted by Crippen LogP contribution is 2.38. The number of benzene rings is 1. The average molecular weight is 333 g/mol. The first-order chi connectivity index (χ1) is 11.5. The fraction of sp³-hybridized carbons (Fsp3) is 0.500. The van der Waals surface area contributed by atoms with E-state index in [0.717, 1.165) is 25.7 Å². The Morgan fingerprint density at radius 1 is 1.38 bits per heavy atom. The number of phenolic OH excluding ortho intramolecular Hbond substituents is 1. The van der Waals surface area contributed by atoms with E-state index in [9.17, 15) is 19.5 Å². The summed E-state index contributed by atoms with van der Waals surface area (Å²) in [6, 6.07) is 2.93. The number of carbonyl (C=O) groups excluding carboxylic acids is 3. The number of aromatic hydroxyl groups is 1. The van der Waals surface area contributed by atoms with Crippen molar-refractivity contribution in [1.29, 1.82) is 0 Å². The summed E-state index contributed by atoms with van der Waals surface area (Å²) >= 11 is 0. The number of hydrogen-bond donors (Lipinski definition) is 1. The van der Waals surface area contributed by atoms with Gasteiger partial charge in [0.15, 0.2) is 5.78 Å². The van der Waals surface area contributed by atoms with Gasteiger partial charge in [0, 0.05) is 18.7 Å². The maximum atomic E-state index is 12.3. The van der Waals surface area contributed by atoms with E-state index in [-0.39, 0.29) is 29.6 Å². The zero-order valence-corrected chi connectivity index (χ0v) is 14.0. The second-order valence-corrected chi connectivity index (χ2v) is 6.13. The number of hydrogen-bond acceptors (Lipinski definition) is 5. The molecule has 6 heteroatoms. The molecule has 6 nitrogen and oxygen atoms in total. The molecule has 0 radical (unpaired) electrons. The van der Waals surface area contributed by atoms with Crippen LogP contribution in [0.1, 0.15) is 49.9 Å². The summed E-state index contributed by atoms with van der Waals surface area (Å²) in [7, 11) is 0. The molecule has 1 aliphatic heterocycles. The lowest BCUT2D eigenvalue weighted by atomic mass is 9.91. The predicted molar refractivity (Wildman–Crippen MR) is 89.6 cm³/mol. The van der Waals surface area contributed by atoms with E-state index in [1.54, 1.807) is 6.07 Å². The lowest BCUT2D eigenvalue weighted by Gasteiger charge is -2.29. The normalized spacial score (nSPS) is 18.0. The maximum Gasteiger partial charge on any atom is 0.214 e. The van der Waals surface area contributed by atoms with Crippen LogP contribution in [-0.2, 0) is 9.59 Å². The molecule has 24 heavy (non-hydrogen) atoms. The smallest absolute Gasteiger partial charge is 0.214 e. The lowest BCUT2D eigenvalue weighted by Crippen LogP contribution is -2.39. The Bertz CT molecular complexity index is 628. The number of amides is 1. The van der Waals surface area contributed by atoms with Crippen molar-refractivity contribution >= 4 is 24.2 Å². The number of rotatable bonds is 8. The maximum absolute atomic E-state index is 12.3. The second-order valence-electron chi connectivity index (χ2n) is 6.13. The van der Waals surface area contributed by atoms with Crippen molar-refractivity contribution in [3.8, 4) is 11.5 Å². The van der Waals surface area contributed by atoms with Crippen molar-refractivity contribution in [2.45, 2.75) is 45.6 Å². The highest BCUT2D eigenvalue weighted by molar-refractivity contribution is 6.14. The monoisotopic (exact) mass is 333 g/mol. The van der Waals surface area contributed by atoms with Crippen LogP contribution in [0.15, 0.2) is 12.1 Å². The van der Waals surface area contributed by atoms with Gasteiger partial charge < -0.3 is 19.5 Å². The van der Waals surface area contributed by atoms with E-state index in [1.807, 2.05) is 6.92 Å². The van der Waals surface area contributed by atoms with Crippen molar-refractivity contribution in [3.05, 3.63) is 17.7 Å². The number of nitrogens with zero attached hydrogens (tertiary/aromatic N) is 1. The number of unbranched alkanes of at least 4 members (excludes halogenated alkanes) is 2. The van der Waals surface area contributed by atoms with E-state index in [0.29, 0.717) is 18.4 Å². The summed E-state index contributed by atoms with van der Waals surface area (Å²) in [5.74, 6) is -1.29. The van der Waals surface area contributed by atoms with Crippen LogP contribution < -0.4 is 9.64 Å². The Hall–Kier alpha value is -2.37. The molecule has 1 amide bonds. The Balaban J connectivity index is 2.26. The minimum absolute atomic E-state index is 0.00330. The second kappa shape index (κ2) is 7.95. The molecule has 0 aliphatic carbocycles. The van der Waals surface area contributed by atoms with E-state index in [4.69, 9.17) is 4.74 Å². The molecule has 1 aliphatic rings. The molecular weight excluding hydrogens is 310 g/mol. The van der Waals surface area contributed by atoms with E-state index in [1.165, 1.54) is 11.0 Å². The van der Waals surface area contributed by atoms with Gasteiger partial charge in [-0.1, -0.05) is 19.8 Å². The van der Waals surface area contributed by atoms with Gasteiger partial charge in [-0.05, 0) is 19.8 Å². The number of anilines is 1. The Kier molecular flexibility index (Phi) is 5.95. The zero-order chi connectivity index (χ0) is 17.7. The average Bonchev–Trinajstić information content (AvgIpc) is 2.55. The summed E-state index contributed by atoms with van der Waals surface area (Å²) in [6.45, 7) is 4.05. The van der Waals surface area contributed by atoms with Crippen molar-refractivity contribution in [1.82, 2.24) is 0 Å². The number of aldehydes is 1. The fourth-order valence-corrected chi connectivity index (χ4v) is 2.89. The van der Waals surface area contributed by atoms with Crippen molar-refractivity contribution in [3.63, 3.8) is 0 Å². The number of Topliss-reactive ketones (excluding diaryl/α,β-unsaturated/α-hetero) is 1. The molecule has 0 saturated carbocycles. The molecule has 0 aromatic heterocycles. The van der Waals surface area contributed by atoms with Gasteiger partial charge in [0.1, 0.15) is 17.8 Å². The molecule has 130 valence electrons. The summed E-state index contributed by atoms with van der Waals surface area (Å²) in [5, 5.41) is 10.2. The van der Waals surface area contributed by atoms with Gasteiger partial charge in [0.05, 0.1) is 23.3 Å². The molecule has 1 heterocycles. The van der Waals surface area contributed by atoms with Crippen LogP contribution in [0.5, 0.6) is 11.5 Å². The van der Waals surface area contributed by atoms with E-state index in [2.05, 4.69) is 6.92 Å². The Morgan fingerprint density at radius 3 is 2.75 bits per heavy atom. The third-order valence-electron chi connectivity index (χ3n) is 4.20. The van der Waals surface area contributed by atoms with Gasteiger partial charge in [-0.2, -0.15) is 0 Å². The number of ether oxygens (including phenoxy) is 1. The molecular formula is C18H23NO5. The topological polar surface area (TPSA) is 83.9 Å². The molecule has 0 bridgehead atoms. The Labute approximate surface area is 141 Å². The number of phenols is 1. The molecule has 1 N–H and O–H groups in total. The van der Waals surface area contributed by atoms with Gasteiger partial charge >= 0.3 is 0 Å². The first-order valence-corrected chi connectivity index (χ1v) is 8.26. The van der Waals surface area contributed by atoms with Gasteiger partial charge in [-0.25, -0.2) is 0 Å². The van der Waals surface area contributed by atoms with Crippen LogP contribution in [0.2, 0.25) is 0 Å². The minimum Gasteiger partial charge on any atom is -0.507 e. The first kappa shape index (κ1) is 18.0. The van der Waals surface area contributed by atoms with Crippen LogP contribution in [-0.4, -0.2) is 36.2 Å². The van der Waals surface area contributed by atoms with Crippen molar-refractivity contribution in [2.75, 3.05) is 11.4 Å². The SMILES string of the molecule is CCCCCC(C)Oc1cc(O)c2c(c1)N(C=O)CC(C=O)C2=O. The lowest BCUT2D eigenvalue weighted by molar-refractivity contribution is -0.110. The van der Waals surface area contributed by atoms with Gasteiger partial charge in [0.2, 0.25) is 6.41 Å². The first-order valence-electron chi connectivity index (χ1n) is 8.26. The molecule has 2 atom stereocenters.